The number of hydrogen-bond donors (Lipinski definition) is 0. The molecule has 0 aliphatic carbocycles. The third-order valence-electron chi connectivity index (χ3n) is 2.46. The van der Waals surface area contributed by atoms with E-state index >= 15 is 0 Å². The summed E-state index contributed by atoms with van der Waals surface area (Å²) in [6.07, 6.45) is 6.23. The molecule has 4 heteroatoms. The molecule has 0 radical (unpaired) electrons. The van der Waals surface area contributed by atoms with E-state index in [0.29, 0.717) is 19.2 Å². The number of allylic oxidation sites excluding steroid dienone is 1. The molecule has 4 nitrogen and oxygen atoms in total. The molecule has 19 heavy (non-hydrogen) atoms. The molecule has 0 heterocycles. The third kappa shape index (κ3) is 9.65. The van der Waals surface area contributed by atoms with Crippen LogP contribution in [0.15, 0.2) is 11.7 Å². The van der Waals surface area contributed by atoms with Crippen molar-refractivity contribution in [1.29, 1.82) is 0 Å². The van der Waals surface area contributed by atoms with E-state index in [1.54, 1.807) is 7.11 Å². The zero-order valence-electron chi connectivity index (χ0n) is 13.0. The van der Waals surface area contributed by atoms with Gasteiger partial charge in [-0.1, -0.05) is 33.6 Å². The van der Waals surface area contributed by atoms with Crippen LogP contribution in [0, 0.1) is 0 Å². The first-order valence-electron chi connectivity index (χ1n) is 7.40. The van der Waals surface area contributed by atoms with Crippen molar-refractivity contribution < 1.29 is 18.9 Å². The molecular formula is C15H30O4. The summed E-state index contributed by atoms with van der Waals surface area (Å²) < 4.78 is 21.8. The van der Waals surface area contributed by atoms with E-state index in [4.69, 9.17) is 18.9 Å². The zero-order chi connectivity index (χ0) is 14.3. The Kier molecular flexibility index (Phi) is 12.9. The highest BCUT2D eigenvalue weighted by Crippen LogP contribution is 2.18. The number of hydrogen-bond acceptors (Lipinski definition) is 4. The van der Waals surface area contributed by atoms with Gasteiger partial charge < -0.3 is 18.9 Å². The molecular weight excluding hydrogens is 244 g/mol. The highest BCUT2D eigenvalue weighted by molar-refractivity contribution is 4.95. The Morgan fingerprint density at radius 1 is 0.789 bits per heavy atom. The quantitative estimate of drug-likeness (QED) is 0.286. The standard InChI is InChI=1S/C15H30O4/c1-5-8-9-10-14(17-11-6-2)15(18-12-7-3)19-13-16-4/h5-13H2,1-4H3/b15-14-. The van der Waals surface area contributed by atoms with Gasteiger partial charge in [-0.25, -0.2) is 0 Å². The summed E-state index contributed by atoms with van der Waals surface area (Å²) in [5, 5.41) is 0. The fraction of sp³-hybridized carbons (Fsp3) is 0.867. The van der Waals surface area contributed by atoms with Gasteiger partial charge in [-0.15, -0.1) is 0 Å². The van der Waals surface area contributed by atoms with Crippen molar-refractivity contribution in [3.05, 3.63) is 11.7 Å². The number of unbranched alkanes of at least 4 members (excludes halogenated alkanes) is 2. The van der Waals surface area contributed by atoms with Gasteiger partial charge in [0.1, 0.15) is 0 Å². The van der Waals surface area contributed by atoms with E-state index in [9.17, 15) is 0 Å². The highest BCUT2D eigenvalue weighted by atomic mass is 16.7. The molecule has 0 aromatic carbocycles. The first kappa shape index (κ1) is 18.1. The van der Waals surface area contributed by atoms with Gasteiger partial charge in [-0.05, 0) is 19.3 Å². The molecule has 0 spiro atoms. The maximum atomic E-state index is 5.77. The fourth-order valence-corrected chi connectivity index (χ4v) is 1.50. The Bertz CT molecular complexity index is 216. The molecule has 0 aromatic heterocycles. The van der Waals surface area contributed by atoms with Crippen LogP contribution in [-0.4, -0.2) is 27.1 Å². The van der Waals surface area contributed by atoms with Crippen molar-refractivity contribution >= 4 is 0 Å². The Morgan fingerprint density at radius 3 is 2.05 bits per heavy atom. The lowest BCUT2D eigenvalue weighted by Crippen LogP contribution is -2.08. The molecule has 0 aliphatic rings. The first-order valence-corrected chi connectivity index (χ1v) is 7.40. The maximum Gasteiger partial charge on any atom is 0.321 e. The van der Waals surface area contributed by atoms with Crippen LogP contribution in [0.1, 0.15) is 59.3 Å². The normalized spacial score (nSPS) is 12.0. The Balaban J connectivity index is 4.60. The average molecular weight is 274 g/mol. The Hall–Kier alpha value is -0.900. The average Bonchev–Trinajstić information content (AvgIpc) is 2.43. The molecule has 0 bridgehead atoms. The summed E-state index contributed by atoms with van der Waals surface area (Å²) in [6.45, 7) is 7.85. The molecule has 0 rings (SSSR count). The lowest BCUT2D eigenvalue weighted by molar-refractivity contribution is -0.0685. The fourth-order valence-electron chi connectivity index (χ4n) is 1.50. The smallest absolute Gasteiger partial charge is 0.321 e. The molecule has 114 valence electrons. The van der Waals surface area contributed by atoms with Crippen LogP contribution in [0.3, 0.4) is 0 Å². The Morgan fingerprint density at radius 2 is 1.47 bits per heavy atom. The van der Waals surface area contributed by atoms with Gasteiger partial charge in [-0.2, -0.15) is 0 Å². The summed E-state index contributed by atoms with van der Waals surface area (Å²) in [6, 6.07) is 0. The maximum absolute atomic E-state index is 5.77. The summed E-state index contributed by atoms with van der Waals surface area (Å²) in [7, 11) is 1.60. The molecule has 0 saturated heterocycles. The third-order valence-corrected chi connectivity index (χ3v) is 2.46. The van der Waals surface area contributed by atoms with Crippen LogP contribution in [0.4, 0.5) is 0 Å². The van der Waals surface area contributed by atoms with E-state index in [-0.39, 0.29) is 6.79 Å². The van der Waals surface area contributed by atoms with Gasteiger partial charge in [0.25, 0.3) is 0 Å². The summed E-state index contributed by atoms with van der Waals surface area (Å²) in [4.78, 5) is 0. The summed E-state index contributed by atoms with van der Waals surface area (Å²) in [5.74, 6) is 1.31. The van der Waals surface area contributed by atoms with E-state index in [2.05, 4.69) is 20.8 Å². The van der Waals surface area contributed by atoms with Gasteiger partial charge in [0, 0.05) is 13.5 Å². The van der Waals surface area contributed by atoms with Crippen molar-refractivity contribution in [2.45, 2.75) is 59.3 Å². The topological polar surface area (TPSA) is 36.9 Å². The van der Waals surface area contributed by atoms with Crippen molar-refractivity contribution in [3.63, 3.8) is 0 Å². The van der Waals surface area contributed by atoms with Crippen molar-refractivity contribution in [1.82, 2.24) is 0 Å². The van der Waals surface area contributed by atoms with Crippen LogP contribution in [0.25, 0.3) is 0 Å². The van der Waals surface area contributed by atoms with E-state index in [1.165, 1.54) is 12.8 Å². The van der Waals surface area contributed by atoms with Crippen molar-refractivity contribution in [2.24, 2.45) is 0 Å². The van der Waals surface area contributed by atoms with Gasteiger partial charge in [-0.3, -0.25) is 0 Å². The van der Waals surface area contributed by atoms with Crippen molar-refractivity contribution in [2.75, 3.05) is 27.1 Å². The number of rotatable bonds is 13. The second-order valence-electron chi connectivity index (χ2n) is 4.42. The molecule has 0 saturated carbocycles. The van der Waals surface area contributed by atoms with Gasteiger partial charge in [0.05, 0.1) is 13.2 Å². The monoisotopic (exact) mass is 274 g/mol. The molecule has 0 aromatic rings. The molecule has 0 fully saturated rings. The van der Waals surface area contributed by atoms with Gasteiger partial charge >= 0.3 is 5.95 Å². The van der Waals surface area contributed by atoms with Crippen molar-refractivity contribution in [3.8, 4) is 0 Å². The number of ether oxygens (including phenoxy) is 4. The van der Waals surface area contributed by atoms with Gasteiger partial charge in [0.2, 0.25) is 0 Å². The van der Waals surface area contributed by atoms with E-state index in [0.717, 1.165) is 31.4 Å². The van der Waals surface area contributed by atoms with E-state index < -0.39 is 0 Å². The first-order chi connectivity index (χ1) is 9.29. The summed E-state index contributed by atoms with van der Waals surface area (Å²) >= 11 is 0. The minimum Gasteiger partial charge on any atom is -0.491 e. The predicted octanol–water partition coefficient (Wildman–Crippen LogP) is 4.21. The molecule has 0 N–H and O–H groups in total. The minimum atomic E-state index is 0.186. The van der Waals surface area contributed by atoms with Crippen LogP contribution in [0.2, 0.25) is 0 Å². The minimum absolute atomic E-state index is 0.186. The SMILES string of the molecule is CCCCC/C(OCCC)=C(\OCCC)OCOC. The van der Waals surface area contributed by atoms with Gasteiger partial charge in [0.15, 0.2) is 12.6 Å². The Labute approximate surface area is 118 Å². The second kappa shape index (κ2) is 13.5. The lowest BCUT2D eigenvalue weighted by atomic mass is 10.2. The van der Waals surface area contributed by atoms with Crippen LogP contribution in [0.5, 0.6) is 0 Å². The lowest BCUT2D eigenvalue weighted by Gasteiger charge is -2.16. The summed E-state index contributed by atoms with van der Waals surface area (Å²) in [5.41, 5.74) is 0. The second-order valence-corrected chi connectivity index (χ2v) is 4.42. The highest BCUT2D eigenvalue weighted by Gasteiger charge is 2.12. The largest absolute Gasteiger partial charge is 0.491 e. The molecule has 0 amide bonds. The molecule has 0 unspecified atom stereocenters. The molecule has 0 atom stereocenters. The number of methoxy groups -OCH3 is 1. The van der Waals surface area contributed by atoms with Crippen LogP contribution in [-0.2, 0) is 18.9 Å². The molecule has 0 aliphatic heterocycles. The van der Waals surface area contributed by atoms with Crippen LogP contribution >= 0.6 is 0 Å². The van der Waals surface area contributed by atoms with E-state index in [1.807, 2.05) is 0 Å². The van der Waals surface area contributed by atoms with Crippen LogP contribution < -0.4 is 0 Å². The zero-order valence-corrected chi connectivity index (χ0v) is 13.0. The predicted molar refractivity (Wildman–Crippen MR) is 76.6 cm³/mol.